The Bertz CT molecular complexity index is 653. The standard InChI is InChI=1S/C13H12N4O4/c18-13(15-9-6-12(15)16-8-1-7-14-16)21-11-4-2-10(3-5-11)17(19)20/h1-5,7-8,12H,6,9H2. The first kappa shape index (κ1) is 13.1. The van der Waals surface area contributed by atoms with Crippen molar-refractivity contribution in [1.82, 2.24) is 14.7 Å². The summed E-state index contributed by atoms with van der Waals surface area (Å²) in [5, 5.41) is 14.7. The van der Waals surface area contributed by atoms with Crippen LogP contribution in [0.25, 0.3) is 0 Å². The monoisotopic (exact) mass is 288 g/mol. The molecule has 1 aromatic carbocycles. The number of aromatic nitrogens is 2. The Kier molecular flexibility index (Phi) is 3.27. The van der Waals surface area contributed by atoms with Crippen molar-refractivity contribution in [3.63, 3.8) is 0 Å². The molecule has 1 saturated heterocycles. The Morgan fingerprint density at radius 3 is 2.67 bits per heavy atom. The van der Waals surface area contributed by atoms with Gasteiger partial charge in [0.15, 0.2) is 0 Å². The molecule has 0 bridgehead atoms. The van der Waals surface area contributed by atoms with Gasteiger partial charge in [-0.3, -0.25) is 15.0 Å². The molecule has 1 aromatic heterocycles. The van der Waals surface area contributed by atoms with Crippen LogP contribution in [0.15, 0.2) is 42.7 Å². The minimum Gasteiger partial charge on any atom is -0.410 e. The summed E-state index contributed by atoms with van der Waals surface area (Å²) in [7, 11) is 0. The molecule has 0 N–H and O–H groups in total. The van der Waals surface area contributed by atoms with E-state index in [1.807, 2.05) is 0 Å². The van der Waals surface area contributed by atoms with E-state index in [0.29, 0.717) is 6.54 Å². The van der Waals surface area contributed by atoms with E-state index in [9.17, 15) is 14.9 Å². The maximum Gasteiger partial charge on any atom is 0.416 e. The van der Waals surface area contributed by atoms with E-state index in [1.54, 1.807) is 28.0 Å². The molecule has 1 aliphatic rings. The van der Waals surface area contributed by atoms with Crippen LogP contribution in [0.5, 0.6) is 5.75 Å². The highest BCUT2D eigenvalue weighted by atomic mass is 16.6. The second kappa shape index (κ2) is 5.23. The van der Waals surface area contributed by atoms with Gasteiger partial charge < -0.3 is 4.74 Å². The number of nitrogens with zero attached hydrogens (tertiary/aromatic N) is 4. The number of hydrogen-bond acceptors (Lipinski definition) is 5. The molecule has 0 aliphatic carbocycles. The van der Waals surface area contributed by atoms with Gasteiger partial charge in [0.05, 0.1) is 4.92 Å². The van der Waals surface area contributed by atoms with E-state index < -0.39 is 11.0 Å². The van der Waals surface area contributed by atoms with Crippen molar-refractivity contribution in [2.24, 2.45) is 0 Å². The first-order valence-electron chi connectivity index (χ1n) is 6.37. The summed E-state index contributed by atoms with van der Waals surface area (Å²) in [6, 6.07) is 7.18. The first-order valence-corrected chi connectivity index (χ1v) is 6.37. The molecule has 8 nitrogen and oxygen atoms in total. The Labute approximate surface area is 119 Å². The van der Waals surface area contributed by atoms with Crippen LogP contribution in [0.4, 0.5) is 10.5 Å². The molecule has 0 saturated carbocycles. The van der Waals surface area contributed by atoms with Crippen LogP contribution in [0, 0.1) is 10.1 Å². The molecule has 0 spiro atoms. The van der Waals surface area contributed by atoms with Crippen molar-refractivity contribution in [3.8, 4) is 5.75 Å². The third-order valence-electron chi connectivity index (χ3n) is 3.31. The molecule has 2 aromatic rings. The summed E-state index contributed by atoms with van der Waals surface area (Å²) >= 11 is 0. The maximum absolute atomic E-state index is 12.0. The van der Waals surface area contributed by atoms with Gasteiger partial charge in [0, 0.05) is 37.5 Å². The lowest BCUT2D eigenvalue weighted by Crippen LogP contribution is -2.49. The minimum atomic E-state index is -0.505. The minimum absolute atomic E-state index is 0.0480. The molecule has 8 heteroatoms. The quantitative estimate of drug-likeness (QED) is 0.637. The van der Waals surface area contributed by atoms with Crippen LogP contribution in [-0.2, 0) is 0 Å². The molecule has 1 unspecified atom stereocenters. The van der Waals surface area contributed by atoms with Crippen molar-refractivity contribution < 1.29 is 14.5 Å². The van der Waals surface area contributed by atoms with Crippen LogP contribution in [0.2, 0.25) is 0 Å². The molecule has 1 amide bonds. The van der Waals surface area contributed by atoms with Gasteiger partial charge in [0.25, 0.3) is 5.69 Å². The van der Waals surface area contributed by atoms with Gasteiger partial charge in [-0.05, 0) is 18.2 Å². The maximum atomic E-state index is 12.0. The number of nitro groups is 1. The van der Waals surface area contributed by atoms with Gasteiger partial charge in [0.1, 0.15) is 11.9 Å². The number of rotatable bonds is 3. The molecule has 21 heavy (non-hydrogen) atoms. The van der Waals surface area contributed by atoms with Crippen molar-refractivity contribution in [2.75, 3.05) is 6.54 Å². The highest BCUT2D eigenvalue weighted by molar-refractivity contribution is 5.71. The van der Waals surface area contributed by atoms with E-state index in [4.69, 9.17) is 4.74 Å². The Balaban J connectivity index is 1.65. The SMILES string of the molecule is O=C(Oc1ccc([N+](=O)[O-])cc1)N1CCC1n1cccn1. The van der Waals surface area contributed by atoms with Gasteiger partial charge >= 0.3 is 6.09 Å². The number of non-ortho nitro benzene ring substituents is 1. The number of carbonyl (C=O) groups excluding carboxylic acids is 1. The van der Waals surface area contributed by atoms with E-state index in [-0.39, 0.29) is 17.6 Å². The molecule has 1 atom stereocenters. The summed E-state index contributed by atoms with van der Waals surface area (Å²) < 4.78 is 6.90. The first-order chi connectivity index (χ1) is 10.1. The highest BCUT2D eigenvalue weighted by Crippen LogP contribution is 2.28. The van der Waals surface area contributed by atoms with E-state index in [1.165, 1.54) is 24.3 Å². The third-order valence-corrected chi connectivity index (χ3v) is 3.31. The molecule has 1 aliphatic heterocycles. The van der Waals surface area contributed by atoms with E-state index >= 15 is 0 Å². The number of likely N-dealkylation sites (tertiary alicyclic amines) is 1. The van der Waals surface area contributed by atoms with Crippen molar-refractivity contribution in [2.45, 2.75) is 12.6 Å². The molecule has 108 valence electrons. The molecular weight excluding hydrogens is 276 g/mol. The average Bonchev–Trinajstić information content (AvgIpc) is 2.91. The fourth-order valence-corrected chi connectivity index (χ4v) is 2.11. The fourth-order valence-electron chi connectivity index (χ4n) is 2.11. The van der Waals surface area contributed by atoms with Crippen LogP contribution in [0.1, 0.15) is 12.6 Å². The van der Waals surface area contributed by atoms with Gasteiger partial charge in [-0.15, -0.1) is 0 Å². The summed E-state index contributed by atoms with van der Waals surface area (Å²) in [4.78, 5) is 23.6. The summed E-state index contributed by atoms with van der Waals surface area (Å²) in [6.45, 7) is 0.594. The second-order valence-corrected chi connectivity index (χ2v) is 4.57. The van der Waals surface area contributed by atoms with Crippen molar-refractivity contribution in [3.05, 3.63) is 52.8 Å². The Morgan fingerprint density at radius 2 is 2.14 bits per heavy atom. The molecule has 3 rings (SSSR count). The van der Waals surface area contributed by atoms with Crippen LogP contribution in [0.3, 0.4) is 0 Å². The number of hydrogen-bond donors (Lipinski definition) is 0. The zero-order valence-corrected chi connectivity index (χ0v) is 11.0. The average molecular weight is 288 g/mol. The van der Waals surface area contributed by atoms with Crippen LogP contribution in [-0.4, -0.2) is 32.2 Å². The third kappa shape index (κ3) is 2.55. The summed E-state index contributed by atoms with van der Waals surface area (Å²) in [6.07, 6.45) is 3.63. The number of nitro benzene ring substituents is 1. The van der Waals surface area contributed by atoms with E-state index in [0.717, 1.165) is 6.42 Å². The molecule has 2 heterocycles. The van der Waals surface area contributed by atoms with Crippen molar-refractivity contribution in [1.29, 1.82) is 0 Å². The van der Waals surface area contributed by atoms with Gasteiger partial charge in [-0.25, -0.2) is 9.48 Å². The van der Waals surface area contributed by atoms with Crippen LogP contribution >= 0.6 is 0 Å². The smallest absolute Gasteiger partial charge is 0.410 e. The predicted molar refractivity (Wildman–Crippen MR) is 71.7 cm³/mol. The van der Waals surface area contributed by atoms with Crippen molar-refractivity contribution >= 4 is 11.8 Å². The molecular formula is C13H12N4O4. The number of carbonyl (C=O) groups is 1. The highest BCUT2D eigenvalue weighted by Gasteiger charge is 2.35. The largest absolute Gasteiger partial charge is 0.416 e. The molecule has 0 radical (unpaired) electrons. The number of amides is 1. The van der Waals surface area contributed by atoms with Gasteiger partial charge in [0.2, 0.25) is 0 Å². The van der Waals surface area contributed by atoms with Gasteiger partial charge in [-0.2, -0.15) is 5.10 Å². The lowest BCUT2D eigenvalue weighted by molar-refractivity contribution is -0.384. The predicted octanol–water partition coefficient (Wildman–Crippen LogP) is 2.19. The van der Waals surface area contributed by atoms with Gasteiger partial charge in [-0.1, -0.05) is 0 Å². The summed E-state index contributed by atoms with van der Waals surface area (Å²) in [5.74, 6) is 0.275. The summed E-state index contributed by atoms with van der Waals surface area (Å²) in [5.41, 5.74) is -0.0480. The Morgan fingerprint density at radius 1 is 1.38 bits per heavy atom. The number of ether oxygens (including phenoxy) is 1. The lowest BCUT2D eigenvalue weighted by atomic mass is 10.1. The lowest BCUT2D eigenvalue weighted by Gasteiger charge is -2.39. The normalized spacial score (nSPS) is 17.1. The zero-order chi connectivity index (χ0) is 14.8. The Hall–Kier alpha value is -2.90. The molecule has 1 fully saturated rings. The number of benzene rings is 1. The van der Waals surface area contributed by atoms with Crippen LogP contribution < -0.4 is 4.74 Å². The van der Waals surface area contributed by atoms with E-state index in [2.05, 4.69) is 5.10 Å². The zero-order valence-electron chi connectivity index (χ0n) is 11.0. The fraction of sp³-hybridized carbons (Fsp3) is 0.231. The second-order valence-electron chi connectivity index (χ2n) is 4.57. The topological polar surface area (TPSA) is 90.5 Å².